The number of fused-ring (bicyclic) bond motifs is 1. The van der Waals surface area contributed by atoms with Gasteiger partial charge in [-0.2, -0.15) is 0 Å². The Hall–Kier alpha value is -2.72. The topological polar surface area (TPSA) is 59.4 Å². The average molecular weight is 349 g/mol. The van der Waals surface area contributed by atoms with Gasteiger partial charge < -0.3 is 9.84 Å². The zero-order valence-corrected chi connectivity index (χ0v) is 14.9. The van der Waals surface area contributed by atoms with E-state index in [1.807, 2.05) is 30.3 Å². The van der Waals surface area contributed by atoms with Gasteiger partial charge in [-0.05, 0) is 30.2 Å². The summed E-state index contributed by atoms with van der Waals surface area (Å²) in [5.41, 5.74) is 1.65. The van der Waals surface area contributed by atoms with Crippen LogP contribution in [-0.2, 0) is 0 Å². The minimum atomic E-state index is -0.670. The number of ether oxygens (including phenoxy) is 1. The molecule has 2 aromatic carbocycles. The minimum absolute atomic E-state index is 0.393. The van der Waals surface area contributed by atoms with Crippen LogP contribution in [0.2, 0.25) is 0 Å². The van der Waals surface area contributed by atoms with E-state index in [4.69, 9.17) is 4.74 Å². The fourth-order valence-electron chi connectivity index (χ4n) is 3.03. The van der Waals surface area contributed by atoms with E-state index in [0.717, 1.165) is 24.6 Å². The van der Waals surface area contributed by atoms with E-state index in [1.54, 1.807) is 30.5 Å². The van der Waals surface area contributed by atoms with Crippen molar-refractivity contribution >= 4 is 16.9 Å². The van der Waals surface area contributed by atoms with Crippen LogP contribution in [0, 0.1) is 0 Å². The van der Waals surface area contributed by atoms with Crippen LogP contribution in [0.25, 0.3) is 10.9 Å². The van der Waals surface area contributed by atoms with Crippen LogP contribution < -0.4 is 4.74 Å². The van der Waals surface area contributed by atoms with E-state index >= 15 is 0 Å². The van der Waals surface area contributed by atoms with Crippen LogP contribution in [0.3, 0.4) is 0 Å². The lowest BCUT2D eigenvalue weighted by Gasteiger charge is -2.15. The van der Waals surface area contributed by atoms with Gasteiger partial charge in [0.25, 0.3) is 0 Å². The Morgan fingerprint density at radius 2 is 1.88 bits per heavy atom. The number of para-hydroxylation sites is 1. The molecular weight excluding hydrogens is 326 g/mol. The molecule has 0 aliphatic rings. The van der Waals surface area contributed by atoms with Gasteiger partial charge in [-0.3, -0.25) is 4.98 Å². The third-order valence-electron chi connectivity index (χ3n) is 4.42. The van der Waals surface area contributed by atoms with Gasteiger partial charge in [-0.15, -0.1) is 0 Å². The molecule has 4 nitrogen and oxygen atoms in total. The molecule has 1 N–H and O–H groups in total. The molecule has 4 heteroatoms. The quantitative estimate of drug-likeness (QED) is 0.368. The summed E-state index contributed by atoms with van der Waals surface area (Å²) in [5.74, 6) is -0.0586. The lowest BCUT2D eigenvalue weighted by atomic mass is 9.98. The van der Waals surface area contributed by atoms with Crippen molar-refractivity contribution in [3.05, 3.63) is 71.9 Å². The number of nitrogens with zero attached hydrogens (tertiary/aromatic N) is 1. The number of esters is 1. The highest BCUT2D eigenvalue weighted by molar-refractivity contribution is 5.95. The maximum absolute atomic E-state index is 12.8. The van der Waals surface area contributed by atoms with Gasteiger partial charge in [-0.25, -0.2) is 4.79 Å². The molecule has 3 aromatic rings. The second-order valence-corrected chi connectivity index (χ2v) is 6.32. The number of carbonyl (C=O) groups excluding carboxylic acids is 1. The monoisotopic (exact) mass is 349 g/mol. The molecule has 0 radical (unpaired) electrons. The van der Waals surface area contributed by atoms with Crippen molar-refractivity contribution in [3.63, 3.8) is 0 Å². The molecule has 1 atom stereocenters. The van der Waals surface area contributed by atoms with Gasteiger partial charge in [-0.1, -0.05) is 62.6 Å². The summed E-state index contributed by atoms with van der Waals surface area (Å²) < 4.78 is 5.62. The Morgan fingerprint density at radius 3 is 2.73 bits per heavy atom. The molecule has 3 rings (SSSR count). The summed E-state index contributed by atoms with van der Waals surface area (Å²) in [4.78, 5) is 17.1. The molecule has 26 heavy (non-hydrogen) atoms. The molecule has 0 bridgehead atoms. The van der Waals surface area contributed by atoms with Crippen LogP contribution in [0.1, 0.15) is 54.6 Å². The van der Waals surface area contributed by atoms with E-state index in [2.05, 4.69) is 11.9 Å². The summed E-state index contributed by atoms with van der Waals surface area (Å²) in [7, 11) is 0. The molecule has 0 amide bonds. The molecule has 0 aliphatic heterocycles. The highest BCUT2D eigenvalue weighted by Gasteiger charge is 2.19. The number of carbonyl (C=O) groups is 1. The molecule has 0 aliphatic carbocycles. The van der Waals surface area contributed by atoms with Crippen molar-refractivity contribution < 1.29 is 14.6 Å². The Labute approximate surface area is 153 Å². The molecule has 0 fully saturated rings. The van der Waals surface area contributed by atoms with E-state index in [1.165, 1.54) is 0 Å². The van der Waals surface area contributed by atoms with Gasteiger partial charge in [0, 0.05) is 11.6 Å². The summed E-state index contributed by atoms with van der Waals surface area (Å²) >= 11 is 0. The zero-order chi connectivity index (χ0) is 18.4. The summed E-state index contributed by atoms with van der Waals surface area (Å²) in [6.45, 7) is 2.12. The zero-order valence-electron chi connectivity index (χ0n) is 14.9. The van der Waals surface area contributed by atoms with E-state index in [9.17, 15) is 9.90 Å². The molecule has 0 saturated carbocycles. The molecule has 1 unspecified atom stereocenters. The third-order valence-corrected chi connectivity index (χ3v) is 4.42. The van der Waals surface area contributed by atoms with E-state index in [-0.39, 0.29) is 0 Å². The first-order valence-electron chi connectivity index (χ1n) is 9.03. The standard InChI is InChI=1S/C22H23NO3/c1-2-3-4-13-19(24)17-11-5-6-12-18(17)22(25)26-20-14-7-9-16-10-8-15-23-21(16)20/h5-12,14-15,19,24H,2-4,13H2,1H3. The Bertz CT molecular complexity index is 886. The molecular formula is C22H23NO3. The number of aliphatic hydroxyl groups is 1. The Kier molecular flexibility index (Phi) is 5.97. The first kappa shape index (κ1) is 18.1. The molecule has 0 saturated heterocycles. The number of unbranched alkanes of at least 4 members (excludes halogenated alkanes) is 2. The number of rotatable bonds is 7. The van der Waals surface area contributed by atoms with Gasteiger partial charge in [0.1, 0.15) is 5.52 Å². The minimum Gasteiger partial charge on any atom is -0.421 e. The number of pyridine rings is 1. The SMILES string of the molecule is CCCCCC(O)c1ccccc1C(=O)Oc1cccc2cccnc12. The van der Waals surface area contributed by atoms with Crippen LogP contribution in [0.5, 0.6) is 5.75 Å². The Balaban J connectivity index is 1.84. The summed E-state index contributed by atoms with van der Waals surface area (Å²) in [6, 6.07) is 16.3. The van der Waals surface area contributed by atoms with Crippen molar-refractivity contribution in [2.75, 3.05) is 0 Å². The van der Waals surface area contributed by atoms with Crippen molar-refractivity contribution in [2.45, 2.75) is 38.7 Å². The number of aliphatic hydroxyl groups excluding tert-OH is 1. The lowest BCUT2D eigenvalue weighted by Crippen LogP contribution is -2.14. The van der Waals surface area contributed by atoms with Crippen molar-refractivity contribution in [1.82, 2.24) is 4.98 Å². The molecule has 0 spiro atoms. The normalized spacial score (nSPS) is 12.1. The number of hydrogen-bond acceptors (Lipinski definition) is 4. The maximum atomic E-state index is 12.8. The van der Waals surface area contributed by atoms with Gasteiger partial charge in [0.2, 0.25) is 0 Å². The first-order chi connectivity index (χ1) is 12.7. The molecule has 1 aromatic heterocycles. The predicted molar refractivity (Wildman–Crippen MR) is 102 cm³/mol. The third kappa shape index (κ3) is 4.09. The number of hydrogen-bond donors (Lipinski definition) is 1. The predicted octanol–water partition coefficient (Wildman–Crippen LogP) is 5.07. The fourth-order valence-corrected chi connectivity index (χ4v) is 3.03. The number of benzene rings is 2. The lowest BCUT2D eigenvalue weighted by molar-refractivity contribution is 0.0727. The van der Waals surface area contributed by atoms with Crippen LogP contribution >= 0.6 is 0 Å². The van der Waals surface area contributed by atoms with Crippen LogP contribution in [0.4, 0.5) is 0 Å². The largest absolute Gasteiger partial charge is 0.421 e. The van der Waals surface area contributed by atoms with Gasteiger partial charge in [0.05, 0.1) is 11.7 Å². The second kappa shape index (κ2) is 8.59. The van der Waals surface area contributed by atoms with Gasteiger partial charge in [0.15, 0.2) is 5.75 Å². The Morgan fingerprint density at radius 1 is 1.08 bits per heavy atom. The average Bonchev–Trinajstić information content (AvgIpc) is 2.68. The van der Waals surface area contributed by atoms with Gasteiger partial charge >= 0.3 is 5.97 Å². The summed E-state index contributed by atoms with van der Waals surface area (Å²) in [5, 5.41) is 11.4. The number of aromatic nitrogens is 1. The second-order valence-electron chi connectivity index (χ2n) is 6.32. The highest BCUT2D eigenvalue weighted by atomic mass is 16.5. The smallest absolute Gasteiger partial charge is 0.343 e. The van der Waals surface area contributed by atoms with Crippen molar-refractivity contribution in [3.8, 4) is 5.75 Å². The first-order valence-corrected chi connectivity index (χ1v) is 9.03. The van der Waals surface area contributed by atoms with E-state index < -0.39 is 12.1 Å². The molecule has 1 heterocycles. The van der Waals surface area contributed by atoms with Crippen molar-refractivity contribution in [1.29, 1.82) is 0 Å². The maximum Gasteiger partial charge on any atom is 0.343 e. The van der Waals surface area contributed by atoms with Crippen LogP contribution in [0.15, 0.2) is 60.8 Å². The molecule has 134 valence electrons. The fraction of sp³-hybridized carbons (Fsp3) is 0.273. The van der Waals surface area contributed by atoms with Crippen molar-refractivity contribution in [2.24, 2.45) is 0 Å². The van der Waals surface area contributed by atoms with Crippen LogP contribution in [-0.4, -0.2) is 16.1 Å². The summed E-state index contributed by atoms with van der Waals surface area (Å²) in [6.07, 6.45) is 4.71. The highest BCUT2D eigenvalue weighted by Crippen LogP contribution is 2.27. The van der Waals surface area contributed by atoms with E-state index in [0.29, 0.717) is 28.8 Å².